The number of carbonyl (C=O) groups excluding carboxylic acids is 2. The first-order valence-electron chi connectivity index (χ1n) is 8.05. The van der Waals surface area contributed by atoms with Gasteiger partial charge in [0.1, 0.15) is 11.9 Å². The smallest absolute Gasteiger partial charge is 0.202 e. The van der Waals surface area contributed by atoms with E-state index in [9.17, 15) is 9.59 Å². The van der Waals surface area contributed by atoms with E-state index in [2.05, 4.69) is 0 Å². The average molecular weight is 284 g/mol. The van der Waals surface area contributed by atoms with E-state index in [1.807, 2.05) is 30.3 Å². The van der Waals surface area contributed by atoms with Gasteiger partial charge in [-0.15, -0.1) is 0 Å². The molecule has 1 aromatic rings. The summed E-state index contributed by atoms with van der Waals surface area (Å²) in [5, 5.41) is 0. The van der Waals surface area contributed by atoms with E-state index < -0.39 is 0 Å². The lowest BCUT2D eigenvalue weighted by Gasteiger charge is -2.43. The molecule has 110 valence electrons. The van der Waals surface area contributed by atoms with Crippen LogP contribution in [0, 0.1) is 23.7 Å². The van der Waals surface area contributed by atoms with Crippen LogP contribution in [-0.4, -0.2) is 17.7 Å². The third kappa shape index (κ3) is 2.02. The Kier molecular flexibility index (Phi) is 3.09. The van der Waals surface area contributed by atoms with Crippen molar-refractivity contribution in [2.24, 2.45) is 23.7 Å². The maximum Gasteiger partial charge on any atom is 0.202 e. The van der Waals surface area contributed by atoms with E-state index in [0.29, 0.717) is 5.92 Å². The minimum Gasteiger partial charge on any atom is -0.490 e. The van der Waals surface area contributed by atoms with E-state index >= 15 is 0 Å². The van der Waals surface area contributed by atoms with Crippen LogP contribution in [0.1, 0.15) is 32.1 Å². The van der Waals surface area contributed by atoms with Gasteiger partial charge in [0.15, 0.2) is 0 Å². The van der Waals surface area contributed by atoms with Crippen molar-refractivity contribution in [3.8, 4) is 5.75 Å². The third-order valence-corrected chi connectivity index (χ3v) is 5.66. The lowest BCUT2D eigenvalue weighted by molar-refractivity contribution is -0.137. The van der Waals surface area contributed by atoms with Crippen molar-refractivity contribution in [2.45, 2.75) is 38.2 Å². The minimum absolute atomic E-state index is 0.0107. The fraction of sp³-hybridized carbons (Fsp3) is 0.556. The van der Waals surface area contributed by atoms with Crippen LogP contribution in [-0.2, 0) is 9.59 Å². The molecule has 3 aliphatic rings. The zero-order valence-corrected chi connectivity index (χ0v) is 12.0. The molecule has 4 rings (SSSR count). The third-order valence-electron chi connectivity index (χ3n) is 5.66. The van der Waals surface area contributed by atoms with Crippen LogP contribution in [0.5, 0.6) is 5.75 Å². The Hall–Kier alpha value is -1.64. The first-order valence-corrected chi connectivity index (χ1v) is 8.05. The quantitative estimate of drug-likeness (QED) is 0.784. The van der Waals surface area contributed by atoms with E-state index in [1.54, 1.807) is 0 Å². The van der Waals surface area contributed by atoms with Crippen LogP contribution in [0.3, 0.4) is 0 Å². The summed E-state index contributed by atoms with van der Waals surface area (Å²) in [4.78, 5) is 24.3. The van der Waals surface area contributed by atoms with E-state index in [0.717, 1.165) is 37.9 Å². The van der Waals surface area contributed by atoms with Crippen LogP contribution in [0.2, 0.25) is 0 Å². The van der Waals surface area contributed by atoms with Gasteiger partial charge in [0.25, 0.3) is 0 Å². The second-order valence-corrected chi connectivity index (χ2v) is 6.66. The van der Waals surface area contributed by atoms with Crippen molar-refractivity contribution < 1.29 is 14.3 Å². The Morgan fingerprint density at radius 1 is 0.857 bits per heavy atom. The summed E-state index contributed by atoms with van der Waals surface area (Å²) in [6.07, 6.45) is 4.92. The molecule has 0 spiro atoms. The number of hydrogen-bond acceptors (Lipinski definition) is 3. The monoisotopic (exact) mass is 284 g/mol. The highest BCUT2D eigenvalue weighted by molar-refractivity contribution is 6.41. The molecule has 3 heteroatoms. The van der Waals surface area contributed by atoms with Gasteiger partial charge >= 0.3 is 0 Å². The normalized spacial score (nSPS) is 38.2. The Morgan fingerprint density at radius 2 is 1.57 bits per heavy atom. The van der Waals surface area contributed by atoms with Crippen LogP contribution >= 0.6 is 0 Å². The summed E-state index contributed by atoms with van der Waals surface area (Å²) < 4.78 is 6.20. The Morgan fingerprint density at radius 3 is 2.33 bits per heavy atom. The SMILES string of the molecule is O=C1C(=O)C2CCC(Oc3ccccc3)C3CCCC1C23. The molecule has 21 heavy (non-hydrogen) atoms. The second kappa shape index (κ2) is 4.97. The molecule has 0 N–H and O–H groups in total. The van der Waals surface area contributed by atoms with Gasteiger partial charge < -0.3 is 4.74 Å². The van der Waals surface area contributed by atoms with Crippen molar-refractivity contribution in [3.63, 3.8) is 0 Å². The molecule has 5 unspecified atom stereocenters. The standard InChI is InChI=1S/C18H20O3/c19-17-13-8-4-7-12-15(21-11-5-2-1-3-6-11)10-9-14(16(12)13)18(17)20/h1-3,5-6,12-16H,4,7-10H2. The fourth-order valence-corrected chi connectivity index (χ4v) is 4.82. The van der Waals surface area contributed by atoms with E-state index in [-0.39, 0.29) is 35.4 Å². The highest BCUT2D eigenvalue weighted by Crippen LogP contribution is 2.52. The van der Waals surface area contributed by atoms with Gasteiger partial charge in [0.05, 0.1) is 0 Å². The summed E-state index contributed by atoms with van der Waals surface area (Å²) in [6, 6.07) is 9.91. The van der Waals surface area contributed by atoms with Gasteiger partial charge in [-0.25, -0.2) is 0 Å². The maximum absolute atomic E-state index is 12.2. The van der Waals surface area contributed by atoms with Gasteiger partial charge in [0, 0.05) is 17.8 Å². The number of para-hydroxylation sites is 1. The van der Waals surface area contributed by atoms with Crippen molar-refractivity contribution in [3.05, 3.63) is 30.3 Å². The zero-order valence-electron chi connectivity index (χ0n) is 12.0. The van der Waals surface area contributed by atoms with Crippen molar-refractivity contribution in [1.82, 2.24) is 0 Å². The van der Waals surface area contributed by atoms with Crippen LogP contribution in [0.4, 0.5) is 0 Å². The van der Waals surface area contributed by atoms with Crippen LogP contribution in [0.15, 0.2) is 30.3 Å². The largest absolute Gasteiger partial charge is 0.490 e. The summed E-state index contributed by atoms with van der Waals surface area (Å²) in [7, 11) is 0. The van der Waals surface area contributed by atoms with Gasteiger partial charge in [-0.2, -0.15) is 0 Å². The number of benzene rings is 1. The van der Waals surface area contributed by atoms with Crippen LogP contribution < -0.4 is 4.74 Å². The molecular formula is C18H20O3. The molecule has 0 bridgehead atoms. The Labute approximate surface area is 124 Å². The van der Waals surface area contributed by atoms with E-state index in [1.165, 1.54) is 0 Å². The molecule has 0 saturated heterocycles. The number of ketones is 2. The van der Waals surface area contributed by atoms with Gasteiger partial charge in [-0.05, 0) is 43.7 Å². The molecule has 0 radical (unpaired) electrons. The molecule has 5 atom stereocenters. The number of Topliss-reactive ketones (excluding diaryl/α,β-unsaturated/α-hetero) is 2. The minimum atomic E-state index is -0.0879. The molecule has 0 heterocycles. The Bertz CT molecular complexity index is 549. The average Bonchev–Trinajstić information content (AvgIpc) is 2.78. The number of rotatable bonds is 2. The number of carbonyl (C=O) groups is 2. The van der Waals surface area contributed by atoms with Gasteiger partial charge in [-0.1, -0.05) is 24.6 Å². The maximum atomic E-state index is 12.2. The lowest BCUT2D eigenvalue weighted by atomic mass is 9.63. The van der Waals surface area contributed by atoms with E-state index in [4.69, 9.17) is 4.74 Å². The highest BCUT2D eigenvalue weighted by Gasteiger charge is 2.57. The molecule has 1 aromatic carbocycles. The number of hydrogen-bond donors (Lipinski definition) is 0. The second-order valence-electron chi connectivity index (χ2n) is 6.66. The molecule has 0 amide bonds. The Balaban J connectivity index is 1.59. The van der Waals surface area contributed by atoms with Gasteiger partial charge in [0.2, 0.25) is 11.6 Å². The molecular weight excluding hydrogens is 264 g/mol. The molecule has 3 fully saturated rings. The topological polar surface area (TPSA) is 43.4 Å². The predicted molar refractivity (Wildman–Crippen MR) is 77.9 cm³/mol. The summed E-state index contributed by atoms with van der Waals surface area (Å²) in [5.74, 6) is 1.33. The molecule has 3 aliphatic carbocycles. The first-order chi connectivity index (χ1) is 10.3. The molecule has 3 saturated carbocycles. The van der Waals surface area contributed by atoms with Crippen molar-refractivity contribution in [1.29, 1.82) is 0 Å². The van der Waals surface area contributed by atoms with Crippen molar-refractivity contribution in [2.75, 3.05) is 0 Å². The number of ether oxygens (including phenoxy) is 1. The van der Waals surface area contributed by atoms with Gasteiger partial charge in [-0.3, -0.25) is 9.59 Å². The fourth-order valence-electron chi connectivity index (χ4n) is 4.82. The highest BCUT2D eigenvalue weighted by atomic mass is 16.5. The van der Waals surface area contributed by atoms with Crippen LogP contribution in [0.25, 0.3) is 0 Å². The molecule has 0 aromatic heterocycles. The zero-order chi connectivity index (χ0) is 14.4. The lowest BCUT2D eigenvalue weighted by Crippen LogP contribution is -2.44. The van der Waals surface area contributed by atoms with Crippen molar-refractivity contribution >= 4 is 11.6 Å². The first kappa shape index (κ1) is 13.1. The summed E-state index contributed by atoms with van der Waals surface area (Å²) in [6.45, 7) is 0. The summed E-state index contributed by atoms with van der Waals surface area (Å²) >= 11 is 0. The molecule has 3 nitrogen and oxygen atoms in total. The predicted octanol–water partition coefficient (Wildman–Crippen LogP) is 3.03. The molecule has 0 aliphatic heterocycles. The summed E-state index contributed by atoms with van der Waals surface area (Å²) in [5.41, 5.74) is 0.